The average molecular weight is 364 g/mol. The highest BCUT2D eigenvalue weighted by molar-refractivity contribution is 5.77. The highest BCUT2D eigenvalue weighted by atomic mass is 16.5. The van der Waals surface area contributed by atoms with Gasteiger partial charge in [0.2, 0.25) is 5.95 Å². The molecule has 3 aromatic rings. The quantitative estimate of drug-likeness (QED) is 0.749. The summed E-state index contributed by atoms with van der Waals surface area (Å²) in [4.78, 5) is 4.34. The Hall–Kier alpha value is -3.48. The van der Waals surface area contributed by atoms with Crippen molar-refractivity contribution in [3.63, 3.8) is 0 Å². The average Bonchev–Trinajstić information content (AvgIpc) is 3.21. The summed E-state index contributed by atoms with van der Waals surface area (Å²) in [6.45, 7) is 0. The number of hydrogen-bond acceptors (Lipinski definition) is 6. The number of benzene rings is 2. The first-order valence-electron chi connectivity index (χ1n) is 8.48. The van der Waals surface area contributed by atoms with Crippen molar-refractivity contribution in [2.75, 3.05) is 26.6 Å². The third-order valence-corrected chi connectivity index (χ3v) is 4.56. The molecule has 1 atom stereocenters. The standard InChI is InChI=1S/C20H20N4O3/c1-25-14-6-4-13(5-7-14)17-11-18(24-20(23-17)21-12-22-24)16-10-15(26-2)8-9-19(16)27-3/h4-12,18H,1-3H3,(H,21,22,23)/t18-/m0/s1. The van der Waals surface area contributed by atoms with Crippen LogP contribution in [0.4, 0.5) is 5.95 Å². The molecule has 1 aliphatic rings. The molecule has 0 radical (unpaired) electrons. The van der Waals surface area contributed by atoms with Gasteiger partial charge in [-0.25, -0.2) is 4.68 Å². The Balaban J connectivity index is 1.82. The van der Waals surface area contributed by atoms with E-state index in [0.29, 0.717) is 5.95 Å². The maximum absolute atomic E-state index is 5.58. The normalized spacial score (nSPS) is 15.4. The molecule has 0 saturated carbocycles. The van der Waals surface area contributed by atoms with Gasteiger partial charge in [0.15, 0.2) is 0 Å². The number of fused-ring (bicyclic) bond motifs is 1. The van der Waals surface area contributed by atoms with Crippen molar-refractivity contribution in [2.45, 2.75) is 6.04 Å². The molecular weight excluding hydrogens is 344 g/mol. The third-order valence-electron chi connectivity index (χ3n) is 4.56. The maximum atomic E-state index is 5.58. The molecule has 1 N–H and O–H groups in total. The van der Waals surface area contributed by atoms with Crippen LogP contribution in [0.5, 0.6) is 17.2 Å². The number of ether oxygens (including phenoxy) is 3. The van der Waals surface area contributed by atoms with Crippen LogP contribution in [0.1, 0.15) is 17.2 Å². The molecule has 1 aromatic heterocycles. The predicted octanol–water partition coefficient (Wildman–Crippen LogP) is 3.36. The van der Waals surface area contributed by atoms with Gasteiger partial charge in [-0.1, -0.05) is 0 Å². The van der Waals surface area contributed by atoms with Crippen molar-refractivity contribution < 1.29 is 14.2 Å². The van der Waals surface area contributed by atoms with Gasteiger partial charge in [0.25, 0.3) is 0 Å². The van der Waals surface area contributed by atoms with Gasteiger partial charge in [0.05, 0.1) is 21.3 Å². The first kappa shape index (κ1) is 17.0. The van der Waals surface area contributed by atoms with Crippen LogP contribution in [-0.4, -0.2) is 36.1 Å². The molecule has 0 fully saturated rings. The molecule has 0 amide bonds. The van der Waals surface area contributed by atoms with Crippen molar-refractivity contribution in [1.82, 2.24) is 14.8 Å². The summed E-state index contributed by atoms with van der Waals surface area (Å²) in [5, 5.41) is 7.72. The molecule has 2 aromatic carbocycles. The van der Waals surface area contributed by atoms with Crippen molar-refractivity contribution in [3.8, 4) is 17.2 Å². The van der Waals surface area contributed by atoms with E-state index in [1.54, 1.807) is 21.3 Å². The SMILES string of the molecule is COc1ccc(C2=C[C@@H](c3cc(OC)ccc3OC)n3ncnc3N2)cc1. The zero-order valence-corrected chi connectivity index (χ0v) is 15.3. The summed E-state index contributed by atoms with van der Waals surface area (Å²) in [6.07, 6.45) is 3.63. The first-order chi connectivity index (χ1) is 13.2. The number of aromatic nitrogens is 3. The fraction of sp³-hybridized carbons (Fsp3) is 0.200. The summed E-state index contributed by atoms with van der Waals surface area (Å²) in [6, 6.07) is 13.4. The van der Waals surface area contributed by atoms with E-state index in [9.17, 15) is 0 Å². The Bertz CT molecular complexity index is 979. The molecule has 0 bridgehead atoms. The van der Waals surface area contributed by atoms with E-state index in [1.165, 1.54) is 6.33 Å². The number of methoxy groups -OCH3 is 3. The Labute approximate surface area is 157 Å². The Morgan fingerprint density at radius 3 is 2.37 bits per heavy atom. The van der Waals surface area contributed by atoms with Gasteiger partial charge in [-0.15, -0.1) is 0 Å². The lowest BCUT2D eigenvalue weighted by molar-refractivity contribution is 0.394. The van der Waals surface area contributed by atoms with Gasteiger partial charge in [-0.05, 0) is 54.1 Å². The zero-order chi connectivity index (χ0) is 18.8. The van der Waals surface area contributed by atoms with Gasteiger partial charge in [0, 0.05) is 11.3 Å². The van der Waals surface area contributed by atoms with Crippen LogP contribution in [0.3, 0.4) is 0 Å². The van der Waals surface area contributed by atoms with Gasteiger partial charge in [0.1, 0.15) is 29.6 Å². The minimum Gasteiger partial charge on any atom is -0.497 e. The van der Waals surface area contributed by atoms with Crippen LogP contribution in [0.25, 0.3) is 5.70 Å². The lowest BCUT2D eigenvalue weighted by Gasteiger charge is -2.26. The van der Waals surface area contributed by atoms with Gasteiger partial charge >= 0.3 is 0 Å². The smallest absolute Gasteiger partial charge is 0.226 e. The summed E-state index contributed by atoms with van der Waals surface area (Å²) in [7, 11) is 4.96. The van der Waals surface area contributed by atoms with Crippen LogP contribution in [0, 0.1) is 0 Å². The number of rotatable bonds is 5. The summed E-state index contributed by atoms with van der Waals surface area (Å²) in [5.74, 6) is 2.99. The fourth-order valence-corrected chi connectivity index (χ4v) is 3.16. The van der Waals surface area contributed by atoms with Crippen molar-refractivity contribution in [1.29, 1.82) is 0 Å². The lowest BCUT2D eigenvalue weighted by Crippen LogP contribution is -2.20. The molecule has 0 saturated heterocycles. The van der Waals surface area contributed by atoms with Gasteiger partial charge in [-0.2, -0.15) is 10.1 Å². The van der Waals surface area contributed by atoms with Crippen LogP contribution in [-0.2, 0) is 0 Å². The fourth-order valence-electron chi connectivity index (χ4n) is 3.16. The van der Waals surface area contributed by atoms with E-state index in [-0.39, 0.29) is 6.04 Å². The molecule has 0 unspecified atom stereocenters. The Morgan fingerprint density at radius 1 is 0.926 bits per heavy atom. The number of anilines is 1. The molecular formula is C20H20N4O3. The number of nitrogens with zero attached hydrogens (tertiary/aromatic N) is 3. The van der Waals surface area contributed by atoms with E-state index in [1.807, 2.05) is 47.1 Å². The number of allylic oxidation sites excluding steroid dienone is 1. The highest BCUT2D eigenvalue weighted by Gasteiger charge is 2.26. The number of hydrogen-bond donors (Lipinski definition) is 1. The molecule has 4 rings (SSSR count). The molecule has 0 aliphatic carbocycles. The lowest BCUT2D eigenvalue weighted by atomic mass is 10.0. The second-order valence-electron chi connectivity index (χ2n) is 6.01. The van der Waals surface area contributed by atoms with E-state index >= 15 is 0 Å². The minimum absolute atomic E-state index is 0.189. The largest absolute Gasteiger partial charge is 0.497 e. The molecule has 138 valence electrons. The second kappa shape index (κ2) is 7.03. The van der Waals surface area contributed by atoms with E-state index < -0.39 is 0 Å². The molecule has 1 aliphatic heterocycles. The van der Waals surface area contributed by atoms with Crippen molar-refractivity contribution in [3.05, 3.63) is 66.0 Å². The minimum atomic E-state index is -0.189. The maximum Gasteiger partial charge on any atom is 0.226 e. The summed E-state index contributed by atoms with van der Waals surface area (Å²) >= 11 is 0. The van der Waals surface area contributed by atoms with E-state index in [4.69, 9.17) is 14.2 Å². The number of nitrogens with one attached hydrogen (secondary N) is 1. The summed E-state index contributed by atoms with van der Waals surface area (Å²) < 4.78 is 18.1. The van der Waals surface area contributed by atoms with E-state index in [0.717, 1.165) is 34.1 Å². The molecule has 27 heavy (non-hydrogen) atoms. The van der Waals surface area contributed by atoms with Crippen LogP contribution in [0.15, 0.2) is 54.9 Å². The van der Waals surface area contributed by atoms with Gasteiger partial charge < -0.3 is 19.5 Å². The van der Waals surface area contributed by atoms with E-state index in [2.05, 4.69) is 21.5 Å². The van der Waals surface area contributed by atoms with Crippen molar-refractivity contribution in [2.24, 2.45) is 0 Å². The van der Waals surface area contributed by atoms with Crippen LogP contribution in [0.2, 0.25) is 0 Å². The third kappa shape index (κ3) is 3.08. The van der Waals surface area contributed by atoms with Crippen LogP contribution < -0.4 is 19.5 Å². The Kier molecular flexibility index (Phi) is 4.42. The zero-order valence-electron chi connectivity index (χ0n) is 15.3. The molecule has 7 nitrogen and oxygen atoms in total. The van der Waals surface area contributed by atoms with Crippen LogP contribution >= 0.6 is 0 Å². The topological polar surface area (TPSA) is 70.4 Å². The predicted molar refractivity (Wildman–Crippen MR) is 102 cm³/mol. The second-order valence-corrected chi connectivity index (χ2v) is 6.01. The monoisotopic (exact) mass is 364 g/mol. The van der Waals surface area contributed by atoms with Crippen molar-refractivity contribution >= 4 is 11.6 Å². The Morgan fingerprint density at radius 2 is 1.67 bits per heavy atom. The molecule has 0 spiro atoms. The first-order valence-corrected chi connectivity index (χ1v) is 8.48. The summed E-state index contributed by atoms with van der Waals surface area (Å²) in [5.41, 5.74) is 2.90. The van der Waals surface area contributed by atoms with Gasteiger partial charge in [-0.3, -0.25) is 0 Å². The molecule has 7 heteroatoms. The highest BCUT2D eigenvalue weighted by Crippen LogP contribution is 2.37. The molecule has 2 heterocycles.